The predicted molar refractivity (Wildman–Crippen MR) is 77.1 cm³/mol. The molecule has 1 aromatic rings. The number of benzene rings is 1. The van der Waals surface area contributed by atoms with Gasteiger partial charge in [-0.2, -0.15) is 0 Å². The van der Waals surface area contributed by atoms with Crippen LogP contribution in [0.2, 0.25) is 0 Å². The lowest BCUT2D eigenvalue weighted by atomic mass is 10.00. The van der Waals surface area contributed by atoms with Gasteiger partial charge in [-0.05, 0) is 43.4 Å². The number of hydrogen-bond donors (Lipinski definition) is 1. The molecule has 0 bridgehead atoms. The summed E-state index contributed by atoms with van der Waals surface area (Å²) in [6.45, 7) is 9.12. The number of primary sulfonamides is 1. The van der Waals surface area contributed by atoms with E-state index in [1.165, 1.54) is 0 Å². The minimum Gasteiger partial charge on any atom is -0.462 e. The fraction of sp³-hybridized carbons (Fsp3) is 0.500. The Hall–Kier alpha value is -1.40. The Kier molecular flexibility index (Phi) is 4.94. The summed E-state index contributed by atoms with van der Waals surface area (Å²) >= 11 is 0. The Morgan fingerprint density at radius 3 is 2.25 bits per heavy atom. The van der Waals surface area contributed by atoms with Crippen molar-refractivity contribution < 1.29 is 17.9 Å². The van der Waals surface area contributed by atoms with E-state index in [1.54, 1.807) is 26.8 Å². The van der Waals surface area contributed by atoms with Gasteiger partial charge in [0.15, 0.2) is 0 Å². The molecule has 0 heterocycles. The van der Waals surface area contributed by atoms with Crippen molar-refractivity contribution in [2.24, 2.45) is 11.1 Å². The molecule has 0 aliphatic heterocycles. The number of carbonyl (C=O) groups excluding carboxylic acids is 1. The lowest BCUT2D eigenvalue weighted by molar-refractivity contribution is 0.0457. The van der Waals surface area contributed by atoms with Crippen molar-refractivity contribution in [2.45, 2.75) is 39.5 Å². The van der Waals surface area contributed by atoms with Crippen LogP contribution in [-0.2, 0) is 14.8 Å². The highest BCUT2D eigenvalue weighted by Gasteiger charge is 2.23. The minimum absolute atomic E-state index is 0.000373. The molecule has 0 atom stereocenters. The molecule has 1 rings (SSSR count). The highest BCUT2D eigenvalue weighted by Crippen LogP contribution is 2.26. The number of nitrogens with two attached hydrogens (primary N) is 1. The maximum atomic E-state index is 12.1. The van der Waals surface area contributed by atoms with Crippen LogP contribution in [0.3, 0.4) is 0 Å². The van der Waals surface area contributed by atoms with Crippen molar-refractivity contribution in [3.05, 3.63) is 28.3 Å². The van der Waals surface area contributed by atoms with E-state index in [0.717, 1.165) is 0 Å². The summed E-state index contributed by atoms with van der Waals surface area (Å²) < 4.78 is 28.5. The Labute approximate surface area is 120 Å². The standard InChI is InChI=1S/C14H21NO4S/c1-8(2)7-19-14(16)12-9(3)6-10(4)13(11(12)5)20(15,17)18/h6,8H,7H2,1-5H3,(H2,15,17,18). The molecule has 0 fully saturated rings. The number of ether oxygens (including phenoxy) is 1. The van der Waals surface area contributed by atoms with Crippen molar-refractivity contribution in [2.75, 3.05) is 6.61 Å². The molecule has 0 radical (unpaired) electrons. The molecule has 5 nitrogen and oxygen atoms in total. The van der Waals surface area contributed by atoms with Crippen molar-refractivity contribution in [1.82, 2.24) is 0 Å². The summed E-state index contributed by atoms with van der Waals surface area (Å²) in [6.07, 6.45) is 0. The van der Waals surface area contributed by atoms with Crippen LogP contribution in [0.4, 0.5) is 0 Å². The van der Waals surface area contributed by atoms with Gasteiger partial charge in [0.05, 0.1) is 17.1 Å². The smallest absolute Gasteiger partial charge is 0.338 e. The van der Waals surface area contributed by atoms with Crippen molar-refractivity contribution in [3.8, 4) is 0 Å². The summed E-state index contributed by atoms with van der Waals surface area (Å²) in [5.74, 6) is -0.304. The quantitative estimate of drug-likeness (QED) is 0.862. The summed E-state index contributed by atoms with van der Waals surface area (Å²) in [4.78, 5) is 12.1. The van der Waals surface area contributed by atoms with E-state index in [-0.39, 0.29) is 23.0 Å². The van der Waals surface area contributed by atoms with Gasteiger partial charge in [0.2, 0.25) is 10.0 Å². The minimum atomic E-state index is -3.88. The number of hydrogen-bond acceptors (Lipinski definition) is 4. The van der Waals surface area contributed by atoms with Crippen LogP contribution in [0.1, 0.15) is 40.9 Å². The molecule has 112 valence electrons. The normalized spacial score (nSPS) is 11.8. The molecule has 2 N–H and O–H groups in total. The summed E-state index contributed by atoms with van der Waals surface area (Å²) in [5.41, 5.74) is 1.84. The van der Waals surface area contributed by atoms with Crippen molar-refractivity contribution in [3.63, 3.8) is 0 Å². The molecule has 0 spiro atoms. The number of esters is 1. The van der Waals surface area contributed by atoms with Crippen LogP contribution in [0.25, 0.3) is 0 Å². The van der Waals surface area contributed by atoms with Gasteiger partial charge in [-0.25, -0.2) is 18.4 Å². The third-order valence-corrected chi connectivity index (χ3v) is 4.13. The van der Waals surface area contributed by atoms with Crippen molar-refractivity contribution >= 4 is 16.0 Å². The molecular weight excluding hydrogens is 278 g/mol. The maximum absolute atomic E-state index is 12.1. The second-order valence-electron chi connectivity index (χ2n) is 5.38. The molecule has 0 aliphatic carbocycles. The molecule has 0 aliphatic rings. The Balaban J connectivity index is 3.38. The van der Waals surface area contributed by atoms with Gasteiger partial charge in [-0.15, -0.1) is 0 Å². The molecule has 0 amide bonds. The van der Waals surface area contributed by atoms with E-state index >= 15 is 0 Å². The van der Waals surface area contributed by atoms with Gasteiger partial charge in [-0.1, -0.05) is 19.9 Å². The van der Waals surface area contributed by atoms with E-state index in [1.807, 2.05) is 13.8 Å². The Morgan fingerprint density at radius 1 is 1.25 bits per heavy atom. The lowest BCUT2D eigenvalue weighted by Gasteiger charge is -2.16. The molecule has 6 heteroatoms. The number of aryl methyl sites for hydroxylation is 2. The third kappa shape index (κ3) is 3.58. The molecule has 20 heavy (non-hydrogen) atoms. The number of carbonyl (C=O) groups is 1. The van der Waals surface area contributed by atoms with Gasteiger partial charge in [-0.3, -0.25) is 0 Å². The maximum Gasteiger partial charge on any atom is 0.338 e. The Bertz CT molecular complexity index is 633. The van der Waals surface area contributed by atoms with Gasteiger partial charge in [0.25, 0.3) is 0 Å². The fourth-order valence-electron chi connectivity index (χ4n) is 2.23. The molecule has 0 saturated carbocycles. The molecule has 0 unspecified atom stereocenters. The summed E-state index contributed by atoms with van der Waals surface area (Å²) in [7, 11) is -3.88. The third-order valence-electron chi connectivity index (χ3n) is 2.94. The van der Waals surface area contributed by atoms with Crippen LogP contribution in [0.5, 0.6) is 0 Å². The monoisotopic (exact) mass is 299 g/mol. The highest BCUT2D eigenvalue weighted by molar-refractivity contribution is 7.89. The van der Waals surface area contributed by atoms with Crippen LogP contribution in [0, 0.1) is 26.7 Å². The van der Waals surface area contributed by atoms with E-state index in [9.17, 15) is 13.2 Å². The van der Waals surface area contributed by atoms with E-state index in [2.05, 4.69) is 0 Å². The molecule has 0 aromatic heterocycles. The fourth-order valence-corrected chi connectivity index (χ4v) is 3.27. The second-order valence-corrected chi connectivity index (χ2v) is 6.88. The van der Waals surface area contributed by atoms with E-state index in [0.29, 0.717) is 16.7 Å². The van der Waals surface area contributed by atoms with E-state index in [4.69, 9.17) is 9.88 Å². The number of sulfonamides is 1. The summed E-state index contributed by atoms with van der Waals surface area (Å²) in [5, 5.41) is 5.22. The zero-order valence-corrected chi connectivity index (χ0v) is 13.3. The average Bonchev–Trinajstić information content (AvgIpc) is 2.23. The second kappa shape index (κ2) is 5.93. The average molecular weight is 299 g/mol. The van der Waals surface area contributed by atoms with Crippen LogP contribution in [0.15, 0.2) is 11.0 Å². The van der Waals surface area contributed by atoms with Gasteiger partial charge in [0.1, 0.15) is 0 Å². The van der Waals surface area contributed by atoms with E-state index < -0.39 is 16.0 Å². The Morgan fingerprint density at radius 2 is 1.80 bits per heavy atom. The van der Waals surface area contributed by atoms with Crippen molar-refractivity contribution in [1.29, 1.82) is 0 Å². The van der Waals surface area contributed by atoms with Crippen LogP contribution < -0.4 is 5.14 Å². The molecule has 0 saturated heterocycles. The first-order valence-corrected chi connectivity index (χ1v) is 7.91. The SMILES string of the molecule is Cc1cc(C)c(S(N)(=O)=O)c(C)c1C(=O)OCC(C)C. The number of rotatable bonds is 4. The lowest BCUT2D eigenvalue weighted by Crippen LogP contribution is -2.19. The first kappa shape index (κ1) is 16.7. The largest absolute Gasteiger partial charge is 0.462 e. The molecular formula is C14H21NO4S. The first-order valence-electron chi connectivity index (χ1n) is 6.36. The summed E-state index contributed by atoms with van der Waals surface area (Å²) in [6, 6.07) is 1.64. The topological polar surface area (TPSA) is 86.5 Å². The van der Waals surface area contributed by atoms with Gasteiger partial charge in [0, 0.05) is 0 Å². The predicted octanol–water partition coefficient (Wildman–Crippen LogP) is 2.07. The van der Waals surface area contributed by atoms with Crippen LogP contribution >= 0.6 is 0 Å². The van der Waals surface area contributed by atoms with Crippen LogP contribution in [-0.4, -0.2) is 21.0 Å². The van der Waals surface area contributed by atoms with Gasteiger partial charge < -0.3 is 4.74 Å². The first-order chi connectivity index (χ1) is 9.05. The van der Waals surface area contributed by atoms with Gasteiger partial charge >= 0.3 is 5.97 Å². The zero-order chi connectivity index (χ0) is 15.7. The zero-order valence-electron chi connectivity index (χ0n) is 12.5. The molecule has 1 aromatic carbocycles. The highest BCUT2D eigenvalue weighted by atomic mass is 32.2.